The Morgan fingerprint density at radius 3 is 2.87 bits per heavy atom. The summed E-state index contributed by atoms with van der Waals surface area (Å²) >= 11 is 0. The maximum Gasteiger partial charge on any atom is 0.257 e. The molecular weight excluding hydrogens is 296 g/mol. The number of hydrogen-bond donors (Lipinski definition) is 1. The van der Waals surface area contributed by atoms with Crippen LogP contribution in [0.2, 0.25) is 0 Å². The van der Waals surface area contributed by atoms with Crippen molar-refractivity contribution in [1.29, 1.82) is 0 Å². The number of amides is 2. The van der Waals surface area contributed by atoms with E-state index in [1.807, 2.05) is 17.7 Å². The van der Waals surface area contributed by atoms with Gasteiger partial charge in [-0.2, -0.15) is 5.10 Å². The Bertz CT molecular complexity index is 746. The van der Waals surface area contributed by atoms with Crippen molar-refractivity contribution in [1.82, 2.24) is 20.0 Å². The first-order valence-corrected chi connectivity index (χ1v) is 7.59. The second-order valence-corrected chi connectivity index (χ2v) is 5.81. The van der Waals surface area contributed by atoms with Gasteiger partial charge in [-0.05, 0) is 26.0 Å². The molecule has 0 radical (unpaired) electrons. The Labute approximate surface area is 134 Å². The fourth-order valence-corrected chi connectivity index (χ4v) is 3.02. The van der Waals surface area contributed by atoms with E-state index in [0.717, 1.165) is 11.5 Å². The Kier molecular flexibility index (Phi) is 3.94. The summed E-state index contributed by atoms with van der Waals surface area (Å²) in [6, 6.07) is 3.48. The first-order chi connectivity index (χ1) is 11.0. The van der Waals surface area contributed by atoms with Crippen LogP contribution in [0.4, 0.5) is 0 Å². The van der Waals surface area contributed by atoms with Crippen LogP contribution in [0.15, 0.2) is 22.7 Å². The fraction of sp³-hybridized carbons (Fsp3) is 0.438. The zero-order valence-electron chi connectivity index (χ0n) is 13.5. The van der Waals surface area contributed by atoms with Gasteiger partial charge in [-0.1, -0.05) is 0 Å². The molecule has 0 aromatic carbocycles. The summed E-state index contributed by atoms with van der Waals surface area (Å²) in [6.45, 7) is 4.54. The topological polar surface area (TPSA) is 80.4 Å². The molecule has 0 saturated heterocycles. The molecule has 1 unspecified atom stereocenters. The smallest absolute Gasteiger partial charge is 0.257 e. The second kappa shape index (κ2) is 5.91. The van der Waals surface area contributed by atoms with E-state index < -0.39 is 0 Å². The summed E-state index contributed by atoms with van der Waals surface area (Å²) in [4.78, 5) is 26.3. The standard InChI is InChI=1S/C16H20N4O3/c1-10-6-14(11(2)23-10)16(22)19-8-12-4-5-18-20(12)13(9-19)7-15(21)17-3/h4-6,13H,7-9H2,1-3H3,(H,17,21). The summed E-state index contributed by atoms with van der Waals surface area (Å²) in [5, 5.41) is 6.92. The summed E-state index contributed by atoms with van der Waals surface area (Å²) < 4.78 is 7.30. The van der Waals surface area contributed by atoms with Crippen molar-refractivity contribution in [3.05, 3.63) is 41.1 Å². The molecule has 1 aliphatic rings. The predicted molar refractivity (Wildman–Crippen MR) is 82.9 cm³/mol. The Morgan fingerprint density at radius 2 is 2.22 bits per heavy atom. The first-order valence-electron chi connectivity index (χ1n) is 7.59. The molecule has 2 amide bonds. The van der Waals surface area contributed by atoms with Crippen LogP contribution in [0.5, 0.6) is 0 Å². The molecule has 0 fully saturated rings. The average Bonchev–Trinajstić information content (AvgIpc) is 3.12. The lowest BCUT2D eigenvalue weighted by Crippen LogP contribution is -2.42. The highest BCUT2D eigenvalue weighted by Crippen LogP contribution is 2.25. The van der Waals surface area contributed by atoms with Crippen molar-refractivity contribution in [2.24, 2.45) is 0 Å². The average molecular weight is 316 g/mol. The zero-order chi connectivity index (χ0) is 16.6. The number of fused-ring (bicyclic) bond motifs is 1. The molecule has 23 heavy (non-hydrogen) atoms. The third-order valence-electron chi connectivity index (χ3n) is 4.14. The molecule has 2 aromatic rings. The summed E-state index contributed by atoms with van der Waals surface area (Å²) in [6.07, 6.45) is 1.99. The maximum atomic E-state index is 12.8. The van der Waals surface area contributed by atoms with Gasteiger partial charge in [-0.25, -0.2) is 0 Å². The van der Waals surface area contributed by atoms with E-state index in [4.69, 9.17) is 4.42 Å². The molecule has 0 bridgehead atoms. The molecule has 1 aliphatic heterocycles. The highest BCUT2D eigenvalue weighted by molar-refractivity contribution is 5.95. The van der Waals surface area contributed by atoms with E-state index >= 15 is 0 Å². The summed E-state index contributed by atoms with van der Waals surface area (Å²) in [5.74, 6) is 1.19. The fourth-order valence-electron chi connectivity index (χ4n) is 3.02. The van der Waals surface area contributed by atoms with Crippen LogP contribution in [0.1, 0.15) is 40.0 Å². The monoisotopic (exact) mass is 316 g/mol. The van der Waals surface area contributed by atoms with Gasteiger partial charge in [0.2, 0.25) is 5.91 Å². The SMILES string of the molecule is CNC(=O)CC1CN(C(=O)c2cc(C)oc2C)Cc2ccnn21. The van der Waals surface area contributed by atoms with Gasteiger partial charge in [-0.15, -0.1) is 0 Å². The molecule has 3 heterocycles. The van der Waals surface area contributed by atoms with E-state index in [0.29, 0.717) is 30.8 Å². The molecular formula is C16H20N4O3. The molecule has 1 atom stereocenters. The molecule has 0 saturated carbocycles. The minimum atomic E-state index is -0.161. The van der Waals surface area contributed by atoms with Crippen LogP contribution in [0.25, 0.3) is 0 Å². The highest BCUT2D eigenvalue weighted by atomic mass is 16.3. The molecule has 122 valence electrons. The van der Waals surface area contributed by atoms with Crippen molar-refractivity contribution < 1.29 is 14.0 Å². The van der Waals surface area contributed by atoms with Crippen molar-refractivity contribution in [3.8, 4) is 0 Å². The van der Waals surface area contributed by atoms with Gasteiger partial charge in [0, 0.05) is 19.8 Å². The van der Waals surface area contributed by atoms with Gasteiger partial charge in [0.15, 0.2) is 0 Å². The number of aromatic nitrogens is 2. The van der Waals surface area contributed by atoms with Crippen LogP contribution in [-0.4, -0.2) is 40.1 Å². The van der Waals surface area contributed by atoms with Gasteiger partial charge in [0.25, 0.3) is 5.91 Å². The van der Waals surface area contributed by atoms with Gasteiger partial charge in [0.1, 0.15) is 11.5 Å². The minimum absolute atomic E-state index is 0.0684. The molecule has 7 heteroatoms. The maximum absolute atomic E-state index is 12.8. The number of hydrogen-bond acceptors (Lipinski definition) is 4. The number of rotatable bonds is 3. The number of carbonyl (C=O) groups is 2. The largest absolute Gasteiger partial charge is 0.466 e. The predicted octanol–water partition coefficient (Wildman–Crippen LogP) is 1.43. The van der Waals surface area contributed by atoms with Gasteiger partial charge in [-0.3, -0.25) is 14.3 Å². The van der Waals surface area contributed by atoms with Gasteiger partial charge >= 0.3 is 0 Å². The molecule has 0 spiro atoms. The van der Waals surface area contributed by atoms with Crippen LogP contribution in [-0.2, 0) is 11.3 Å². The van der Waals surface area contributed by atoms with Crippen LogP contribution >= 0.6 is 0 Å². The van der Waals surface area contributed by atoms with Crippen molar-refractivity contribution >= 4 is 11.8 Å². The van der Waals surface area contributed by atoms with E-state index in [2.05, 4.69) is 10.4 Å². The zero-order valence-corrected chi connectivity index (χ0v) is 13.5. The molecule has 0 aliphatic carbocycles. The number of furan rings is 1. The van der Waals surface area contributed by atoms with Crippen LogP contribution in [0.3, 0.4) is 0 Å². The van der Waals surface area contributed by atoms with E-state index in [9.17, 15) is 9.59 Å². The number of nitrogens with one attached hydrogen (secondary N) is 1. The minimum Gasteiger partial charge on any atom is -0.466 e. The summed E-state index contributed by atoms with van der Waals surface area (Å²) in [7, 11) is 1.61. The van der Waals surface area contributed by atoms with Gasteiger partial charge in [0.05, 0.1) is 30.3 Å². The van der Waals surface area contributed by atoms with E-state index in [1.54, 1.807) is 31.1 Å². The van der Waals surface area contributed by atoms with Crippen molar-refractivity contribution in [2.45, 2.75) is 32.9 Å². The van der Waals surface area contributed by atoms with Crippen molar-refractivity contribution in [3.63, 3.8) is 0 Å². The second-order valence-electron chi connectivity index (χ2n) is 5.81. The lowest BCUT2D eigenvalue weighted by molar-refractivity contribution is -0.121. The lowest BCUT2D eigenvalue weighted by atomic mass is 10.1. The Morgan fingerprint density at radius 1 is 1.43 bits per heavy atom. The number of nitrogens with zero attached hydrogens (tertiary/aromatic N) is 3. The quantitative estimate of drug-likeness (QED) is 0.929. The van der Waals surface area contributed by atoms with Gasteiger partial charge < -0.3 is 14.6 Å². The van der Waals surface area contributed by atoms with Crippen LogP contribution in [0, 0.1) is 13.8 Å². The van der Waals surface area contributed by atoms with Crippen molar-refractivity contribution in [2.75, 3.05) is 13.6 Å². The third-order valence-corrected chi connectivity index (χ3v) is 4.14. The molecule has 1 N–H and O–H groups in total. The molecule has 2 aromatic heterocycles. The first kappa shape index (κ1) is 15.3. The Balaban J connectivity index is 1.86. The third kappa shape index (κ3) is 2.86. The van der Waals surface area contributed by atoms with Crippen LogP contribution < -0.4 is 5.32 Å². The summed E-state index contributed by atoms with van der Waals surface area (Å²) in [5.41, 5.74) is 1.51. The van der Waals surface area contributed by atoms with E-state index in [1.165, 1.54) is 0 Å². The normalized spacial score (nSPS) is 17.0. The van der Waals surface area contributed by atoms with E-state index in [-0.39, 0.29) is 17.9 Å². The number of aryl methyl sites for hydroxylation is 2. The lowest BCUT2D eigenvalue weighted by Gasteiger charge is -2.33. The highest BCUT2D eigenvalue weighted by Gasteiger charge is 2.31. The molecule has 7 nitrogen and oxygen atoms in total. The number of carbonyl (C=O) groups excluding carboxylic acids is 2. The Hall–Kier alpha value is -2.57. The molecule has 3 rings (SSSR count).